The molecular formula is C24H23N5O2. The number of hydrogen-bond acceptors (Lipinski definition) is 6. The molecule has 0 spiro atoms. The van der Waals surface area contributed by atoms with Crippen molar-refractivity contribution in [3.05, 3.63) is 95.3 Å². The van der Waals surface area contributed by atoms with E-state index in [1.54, 1.807) is 0 Å². The van der Waals surface area contributed by atoms with Crippen molar-refractivity contribution < 1.29 is 9.57 Å². The fourth-order valence-electron chi connectivity index (χ4n) is 2.98. The standard InChI is InChI=1S/C24H23N5O2/c1-17-3-7-21(8-4-17)22-9-5-19(6-10-22)15-31-27-18(2)20-11-13-23(14-12-20)30-16-24-25-28-29-26-24/h3-14H,15-16H2,1-2H3,(H,25,26,28,29)/b27-18+. The van der Waals surface area contributed by atoms with Crippen molar-refractivity contribution in [3.63, 3.8) is 0 Å². The zero-order valence-corrected chi connectivity index (χ0v) is 17.4. The summed E-state index contributed by atoms with van der Waals surface area (Å²) < 4.78 is 5.62. The molecule has 0 radical (unpaired) electrons. The summed E-state index contributed by atoms with van der Waals surface area (Å²) in [5, 5.41) is 17.8. The first kappa shape index (κ1) is 20.3. The van der Waals surface area contributed by atoms with Gasteiger partial charge in [-0.05, 0) is 60.4 Å². The highest BCUT2D eigenvalue weighted by Crippen LogP contribution is 2.20. The number of nitrogens with one attached hydrogen (secondary N) is 1. The van der Waals surface area contributed by atoms with E-state index in [0.29, 0.717) is 12.4 Å². The molecule has 31 heavy (non-hydrogen) atoms. The van der Waals surface area contributed by atoms with Gasteiger partial charge in [0.2, 0.25) is 5.82 Å². The molecule has 156 valence electrons. The van der Waals surface area contributed by atoms with Crippen LogP contribution in [-0.2, 0) is 18.1 Å². The van der Waals surface area contributed by atoms with Gasteiger partial charge in [0.15, 0.2) is 6.61 Å². The number of H-pyrrole nitrogens is 1. The third kappa shape index (κ3) is 5.54. The Morgan fingerprint density at radius 2 is 1.55 bits per heavy atom. The number of aromatic nitrogens is 4. The van der Waals surface area contributed by atoms with Gasteiger partial charge in [-0.25, -0.2) is 0 Å². The van der Waals surface area contributed by atoms with Crippen LogP contribution in [-0.4, -0.2) is 26.3 Å². The topological polar surface area (TPSA) is 85.3 Å². The van der Waals surface area contributed by atoms with E-state index >= 15 is 0 Å². The molecule has 0 amide bonds. The SMILES string of the molecule is C/C(=N\OCc1ccc(-c2ccc(C)cc2)cc1)c1ccc(OCc2nn[nH]n2)cc1. The molecule has 0 saturated carbocycles. The maximum absolute atomic E-state index is 5.62. The molecule has 1 aromatic heterocycles. The van der Waals surface area contributed by atoms with Gasteiger partial charge in [-0.15, -0.1) is 10.2 Å². The molecule has 0 saturated heterocycles. The number of tetrazole rings is 1. The molecule has 1 heterocycles. The minimum absolute atomic E-state index is 0.259. The fourth-order valence-corrected chi connectivity index (χ4v) is 2.98. The third-order valence-corrected chi connectivity index (χ3v) is 4.80. The zero-order chi connectivity index (χ0) is 21.5. The summed E-state index contributed by atoms with van der Waals surface area (Å²) in [6, 6.07) is 24.5. The van der Waals surface area contributed by atoms with Crippen LogP contribution in [0.25, 0.3) is 11.1 Å². The number of benzene rings is 3. The lowest BCUT2D eigenvalue weighted by atomic mass is 10.0. The Morgan fingerprint density at radius 1 is 0.871 bits per heavy atom. The predicted molar refractivity (Wildman–Crippen MR) is 119 cm³/mol. The maximum Gasteiger partial charge on any atom is 0.211 e. The quantitative estimate of drug-likeness (QED) is 0.334. The summed E-state index contributed by atoms with van der Waals surface area (Å²) in [7, 11) is 0. The Labute approximate surface area is 180 Å². The lowest BCUT2D eigenvalue weighted by molar-refractivity contribution is 0.130. The second kappa shape index (κ2) is 9.67. The fraction of sp³-hybridized carbons (Fsp3) is 0.167. The second-order valence-corrected chi connectivity index (χ2v) is 7.15. The molecule has 0 unspecified atom stereocenters. The van der Waals surface area contributed by atoms with Crippen molar-refractivity contribution in [2.75, 3.05) is 0 Å². The van der Waals surface area contributed by atoms with E-state index in [0.717, 1.165) is 22.6 Å². The highest BCUT2D eigenvalue weighted by Gasteiger charge is 2.03. The Morgan fingerprint density at radius 3 is 2.19 bits per heavy atom. The predicted octanol–water partition coefficient (Wildman–Crippen LogP) is 4.69. The molecule has 7 nitrogen and oxygen atoms in total. The van der Waals surface area contributed by atoms with Crippen LogP contribution in [0.2, 0.25) is 0 Å². The monoisotopic (exact) mass is 413 g/mol. The van der Waals surface area contributed by atoms with Gasteiger partial charge in [0.1, 0.15) is 12.4 Å². The number of ether oxygens (including phenoxy) is 1. The second-order valence-electron chi connectivity index (χ2n) is 7.15. The van der Waals surface area contributed by atoms with Crippen LogP contribution >= 0.6 is 0 Å². The van der Waals surface area contributed by atoms with E-state index in [-0.39, 0.29) is 6.61 Å². The van der Waals surface area contributed by atoms with Crippen LogP contribution in [0, 0.1) is 6.92 Å². The van der Waals surface area contributed by atoms with Crippen molar-refractivity contribution in [1.29, 1.82) is 0 Å². The average molecular weight is 413 g/mol. The largest absolute Gasteiger partial charge is 0.485 e. The van der Waals surface area contributed by atoms with E-state index < -0.39 is 0 Å². The maximum atomic E-state index is 5.62. The van der Waals surface area contributed by atoms with Crippen molar-refractivity contribution in [2.24, 2.45) is 5.16 Å². The van der Waals surface area contributed by atoms with Gasteiger partial charge in [-0.1, -0.05) is 64.5 Å². The summed E-state index contributed by atoms with van der Waals surface area (Å²) in [5.41, 5.74) is 6.47. The third-order valence-electron chi connectivity index (χ3n) is 4.80. The molecular weight excluding hydrogens is 390 g/mol. The van der Waals surface area contributed by atoms with Crippen LogP contribution in [0.4, 0.5) is 0 Å². The van der Waals surface area contributed by atoms with Gasteiger partial charge >= 0.3 is 0 Å². The number of oxime groups is 1. The molecule has 4 rings (SSSR count). The zero-order valence-electron chi connectivity index (χ0n) is 17.4. The van der Waals surface area contributed by atoms with E-state index in [1.165, 1.54) is 16.7 Å². The molecule has 0 bridgehead atoms. The van der Waals surface area contributed by atoms with Gasteiger partial charge < -0.3 is 9.57 Å². The van der Waals surface area contributed by atoms with Gasteiger partial charge in [0.25, 0.3) is 0 Å². The Kier molecular flexibility index (Phi) is 6.32. The van der Waals surface area contributed by atoms with Crippen molar-refractivity contribution in [3.8, 4) is 16.9 Å². The Hall–Kier alpha value is -4.00. The molecule has 0 aliphatic rings. The normalized spacial score (nSPS) is 11.4. The molecule has 0 aliphatic heterocycles. The average Bonchev–Trinajstić information content (AvgIpc) is 3.33. The first-order valence-corrected chi connectivity index (χ1v) is 9.95. The highest BCUT2D eigenvalue weighted by atomic mass is 16.6. The Balaban J connectivity index is 1.29. The number of aryl methyl sites for hydroxylation is 1. The van der Waals surface area contributed by atoms with Gasteiger partial charge in [-0.3, -0.25) is 0 Å². The molecule has 1 N–H and O–H groups in total. The smallest absolute Gasteiger partial charge is 0.211 e. The van der Waals surface area contributed by atoms with E-state index in [2.05, 4.69) is 81.2 Å². The molecule has 0 fully saturated rings. The molecule has 3 aromatic carbocycles. The number of hydrogen-bond donors (Lipinski definition) is 1. The van der Waals surface area contributed by atoms with Crippen molar-refractivity contribution in [1.82, 2.24) is 20.6 Å². The van der Waals surface area contributed by atoms with Crippen LogP contribution in [0.5, 0.6) is 5.75 Å². The van der Waals surface area contributed by atoms with Crippen LogP contribution < -0.4 is 4.74 Å². The van der Waals surface area contributed by atoms with Crippen molar-refractivity contribution >= 4 is 5.71 Å². The van der Waals surface area contributed by atoms with Crippen LogP contribution in [0.15, 0.2) is 78.0 Å². The van der Waals surface area contributed by atoms with Gasteiger partial charge in [-0.2, -0.15) is 5.21 Å². The lowest BCUT2D eigenvalue weighted by Gasteiger charge is -2.07. The number of rotatable bonds is 8. The van der Waals surface area contributed by atoms with E-state index in [9.17, 15) is 0 Å². The first-order valence-electron chi connectivity index (χ1n) is 9.95. The van der Waals surface area contributed by atoms with Crippen LogP contribution in [0.1, 0.15) is 29.4 Å². The summed E-state index contributed by atoms with van der Waals surface area (Å²) in [6.07, 6.45) is 0. The number of nitrogens with zero attached hydrogens (tertiary/aromatic N) is 4. The Bertz CT molecular complexity index is 1120. The van der Waals surface area contributed by atoms with Gasteiger partial charge in [0.05, 0.1) is 5.71 Å². The summed E-state index contributed by atoms with van der Waals surface area (Å²) in [6.45, 7) is 4.68. The highest BCUT2D eigenvalue weighted by molar-refractivity contribution is 5.98. The summed E-state index contributed by atoms with van der Waals surface area (Å²) >= 11 is 0. The summed E-state index contributed by atoms with van der Waals surface area (Å²) in [4.78, 5) is 5.55. The van der Waals surface area contributed by atoms with Crippen LogP contribution in [0.3, 0.4) is 0 Å². The molecule has 0 aliphatic carbocycles. The van der Waals surface area contributed by atoms with E-state index in [1.807, 2.05) is 31.2 Å². The minimum atomic E-state index is 0.259. The molecule has 4 aromatic rings. The summed E-state index contributed by atoms with van der Waals surface area (Å²) in [5.74, 6) is 1.22. The molecule has 7 heteroatoms. The number of aromatic amines is 1. The molecule has 0 atom stereocenters. The van der Waals surface area contributed by atoms with E-state index in [4.69, 9.17) is 9.57 Å². The minimum Gasteiger partial charge on any atom is -0.485 e. The first-order chi connectivity index (χ1) is 15.2. The lowest BCUT2D eigenvalue weighted by Crippen LogP contribution is -1.99. The van der Waals surface area contributed by atoms with Gasteiger partial charge in [0, 0.05) is 0 Å². The van der Waals surface area contributed by atoms with Crippen molar-refractivity contribution in [2.45, 2.75) is 27.1 Å².